The van der Waals surface area contributed by atoms with Crippen molar-refractivity contribution in [2.45, 2.75) is 232 Å². The number of ether oxygens (including phenoxy) is 3. The van der Waals surface area contributed by atoms with Gasteiger partial charge in [0.25, 0.3) is 0 Å². The monoisotopic (exact) mass is 953 g/mol. The topological polar surface area (TPSA) is 78.9 Å². The van der Waals surface area contributed by atoms with E-state index in [0.717, 1.165) is 135 Å². The third kappa shape index (κ3) is 54.4. The van der Waals surface area contributed by atoms with Gasteiger partial charge >= 0.3 is 17.9 Å². The lowest BCUT2D eigenvalue weighted by molar-refractivity contribution is -0.167. The highest BCUT2D eigenvalue weighted by Crippen LogP contribution is 2.14. The normalized spacial score (nSPS) is 13.1. The van der Waals surface area contributed by atoms with E-state index in [0.29, 0.717) is 19.3 Å². The minimum absolute atomic E-state index is 0.105. The van der Waals surface area contributed by atoms with Gasteiger partial charge in [-0.05, 0) is 109 Å². The first-order valence-electron chi connectivity index (χ1n) is 27.7. The zero-order valence-electron chi connectivity index (χ0n) is 44.3. The van der Waals surface area contributed by atoms with Crippen LogP contribution in [0.3, 0.4) is 0 Å². The first-order chi connectivity index (χ1) is 34.0. The van der Waals surface area contributed by atoms with Gasteiger partial charge in [-0.25, -0.2) is 0 Å². The van der Waals surface area contributed by atoms with Crippen LogP contribution in [0.15, 0.2) is 134 Å². The van der Waals surface area contributed by atoms with E-state index < -0.39 is 6.10 Å². The Labute approximate surface area is 424 Å². The zero-order chi connectivity index (χ0) is 50.0. The summed E-state index contributed by atoms with van der Waals surface area (Å²) in [6.07, 6.45) is 78.7. The molecule has 0 saturated carbocycles. The summed E-state index contributed by atoms with van der Waals surface area (Å²) in [6, 6.07) is 0. The fraction of sp³-hybridized carbons (Fsp3) is 0.603. The van der Waals surface area contributed by atoms with Gasteiger partial charge in [0.2, 0.25) is 0 Å². The minimum Gasteiger partial charge on any atom is -0.462 e. The van der Waals surface area contributed by atoms with Gasteiger partial charge in [-0.15, -0.1) is 0 Å². The molecule has 6 nitrogen and oxygen atoms in total. The van der Waals surface area contributed by atoms with Crippen molar-refractivity contribution in [1.82, 2.24) is 0 Å². The van der Waals surface area contributed by atoms with Crippen LogP contribution in [0.4, 0.5) is 0 Å². The molecule has 0 aromatic heterocycles. The zero-order valence-corrected chi connectivity index (χ0v) is 44.3. The predicted molar refractivity (Wildman–Crippen MR) is 297 cm³/mol. The summed E-state index contributed by atoms with van der Waals surface area (Å²) < 4.78 is 16.8. The van der Waals surface area contributed by atoms with Crippen LogP contribution in [0.5, 0.6) is 0 Å². The molecule has 0 radical (unpaired) electrons. The number of hydrogen-bond donors (Lipinski definition) is 0. The van der Waals surface area contributed by atoms with Crippen molar-refractivity contribution < 1.29 is 28.6 Å². The lowest BCUT2D eigenvalue weighted by Gasteiger charge is -2.18. The average Bonchev–Trinajstić information content (AvgIpc) is 3.35. The summed E-state index contributed by atoms with van der Waals surface area (Å²) in [7, 11) is 0. The number of carbonyl (C=O) groups excluding carboxylic acids is 3. The Bertz CT molecular complexity index is 1510. The highest BCUT2D eigenvalue weighted by molar-refractivity contribution is 5.71. The number of esters is 3. The van der Waals surface area contributed by atoms with Crippen molar-refractivity contribution >= 4 is 17.9 Å². The molecule has 0 fully saturated rings. The van der Waals surface area contributed by atoms with Crippen LogP contribution in [0, 0.1) is 0 Å². The standard InChI is InChI=1S/C63H100O6/c1-4-7-10-13-16-19-22-25-27-29-31-33-35-38-41-44-47-50-53-56-62(65)68-59-60(58-67-61(64)55-52-49-46-43-40-37-24-21-18-15-12-9-6-3)69-63(66)57-54-51-48-45-42-39-36-34-32-30-28-26-23-20-17-14-11-8-5-2/h7-12,15-21,24-28,31,33,37,40,60H,4-6,13-14,22-23,29-30,32,34-36,38-39,41-59H2,1-3H3/b10-7+,11-8+,12-9+,18-15+,19-16+,20-17+,24-21+,27-25+,28-26+,33-31+,40-37+. The lowest BCUT2D eigenvalue weighted by atomic mass is 10.1. The van der Waals surface area contributed by atoms with Crippen molar-refractivity contribution in [2.75, 3.05) is 13.2 Å². The van der Waals surface area contributed by atoms with Gasteiger partial charge in [0, 0.05) is 19.3 Å². The Hall–Kier alpha value is -4.45. The molecule has 0 aliphatic carbocycles. The number of unbranched alkanes of at least 4 members (excludes halogenated alkanes) is 18. The molecular formula is C63H100O6. The maximum atomic E-state index is 12.9. The smallest absolute Gasteiger partial charge is 0.306 e. The molecule has 1 unspecified atom stereocenters. The molecule has 0 saturated heterocycles. The van der Waals surface area contributed by atoms with Gasteiger partial charge in [-0.2, -0.15) is 0 Å². The molecule has 0 heterocycles. The molecule has 0 bridgehead atoms. The Kier molecular flexibility index (Phi) is 52.5. The highest BCUT2D eigenvalue weighted by Gasteiger charge is 2.19. The first-order valence-corrected chi connectivity index (χ1v) is 27.7. The van der Waals surface area contributed by atoms with Crippen LogP contribution in [0.25, 0.3) is 0 Å². The number of rotatable bonds is 48. The quantitative estimate of drug-likeness (QED) is 0.0199. The summed E-state index contributed by atoms with van der Waals surface area (Å²) in [5, 5.41) is 0. The van der Waals surface area contributed by atoms with E-state index >= 15 is 0 Å². The first kappa shape index (κ1) is 64.5. The van der Waals surface area contributed by atoms with Crippen LogP contribution in [-0.2, 0) is 28.6 Å². The molecule has 69 heavy (non-hydrogen) atoms. The SMILES string of the molecule is CC/C=C/C=C/C=C/C=C/CCCCCC(=O)OCC(COC(=O)CCCCCCCC/C=C/C/C=C/C/C=C/C/C=C/CC)OC(=O)CCCCCCCCCCC/C=C/C/C=C/C/C=C/CC. The number of allylic oxidation sites excluding steroid dienone is 22. The van der Waals surface area contributed by atoms with E-state index in [1.807, 2.05) is 36.5 Å². The Morgan fingerprint density at radius 2 is 0.594 bits per heavy atom. The van der Waals surface area contributed by atoms with Crippen molar-refractivity contribution in [3.63, 3.8) is 0 Å². The van der Waals surface area contributed by atoms with Gasteiger partial charge in [0.1, 0.15) is 13.2 Å². The Balaban J connectivity index is 4.47. The number of carbonyl (C=O) groups is 3. The maximum Gasteiger partial charge on any atom is 0.306 e. The highest BCUT2D eigenvalue weighted by atomic mass is 16.6. The van der Waals surface area contributed by atoms with Crippen LogP contribution in [0.1, 0.15) is 226 Å². The molecule has 1 atom stereocenters. The Morgan fingerprint density at radius 3 is 1.00 bits per heavy atom. The molecule has 0 aromatic rings. The summed E-state index contributed by atoms with van der Waals surface area (Å²) in [4.78, 5) is 38.1. The second kappa shape index (κ2) is 56.1. The average molecular weight is 953 g/mol. The molecule has 0 aliphatic heterocycles. The van der Waals surface area contributed by atoms with Gasteiger partial charge in [-0.3, -0.25) is 14.4 Å². The summed E-state index contributed by atoms with van der Waals surface area (Å²) in [5.74, 6) is -0.969. The Morgan fingerprint density at radius 1 is 0.304 bits per heavy atom. The van der Waals surface area contributed by atoms with E-state index in [1.165, 1.54) is 51.4 Å². The van der Waals surface area contributed by atoms with Gasteiger partial charge in [0.05, 0.1) is 0 Å². The lowest BCUT2D eigenvalue weighted by Crippen LogP contribution is -2.30. The second-order valence-electron chi connectivity index (χ2n) is 17.8. The van der Waals surface area contributed by atoms with Crippen molar-refractivity contribution in [2.24, 2.45) is 0 Å². The fourth-order valence-electron chi connectivity index (χ4n) is 7.16. The summed E-state index contributed by atoms with van der Waals surface area (Å²) in [5.41, 5.74) is 0. The summed E-state index contributed by atoms with van der Waals surface area (Å²) in [6.45, 7) is 6.21. The van der Waals surface area contributed by atoms with E-state index in [4.69, 9.17) is 14.2 Å². The van der Waals surface area contributed by atoms with Crippen LogP contribution < -0.4 is 0 Å². The molecule has 6 heteroatoms. The molecule has 0 aromatic carbocycles. The van der Waals surface area contributed by atoms with Crippen LogP contribution in [0.2, 0.25) is 0 Å². The van der Waals surface area contributed by atoms with Gasteiger partial charge < -0.3 is 14.2 Å². The van der Waals surface area contributed by atoms with E-state index in [9.17, 15) is 14.4 Å². The second-order valence-corrected chi connectivity index (χ2v) is 17.8. The van der Waals surface area contributed by atoms with Gasteiger partial charge in [0.15, 0.2) is 6.10 Å². The van der Waals surface area contributed by atoms with Crippen molar-refractivity contribution in [1.29, 1.82) is 0 Å². The van der Waals surface area contributed by atoms with E-state index in [-0.39, 0.29) is 31.1 Å². The van der Waals surface area contributed by atoms with Gasteiger partial charge in [-0.1, -0.05) is 231 Å². The molecule has 0 spiro atoms. The third-order valence-electron chi connectivity index (χ3n) is 11.2. The van der Waals surface area contributed by atoms with Crippen molar-refractivity contribution in [3.05, 3.63) is 134 Å². The van der Waals surface area contributed by atoms with Crippen LogP contribution >= 0.6 is 0 Å². The maximum absolute atomic E-state index is 12.9. The minimum atomic E-state index is -0.809. The molecule has 0 N–H and O–H groups in total. The largest absolute Gasteiger partial charge is 0.462 e. The molecule has 388 valence electrons. The van der Waals surface area contributed by atoms with E-state index in [2.05, 4.69) is 118 Å². The third-order valence-corrected chi connectivity index (χ3v) is 11.2. The molecule has 0 aliphatic rings. The molecule has 0 rings (SSSR count). The fourth-order valence-corrected chi connectivity index (χ4v) is 7.16. The number of hydrogen-bond acceptors (Lipinski definition) is 6. The molecular weight excluding hydrogens is 853 g/mol. The van der Waals surface area contributed by atoms with E-state index in [1.54, 1.807) is 0 Å². The van der Waals surface area contributed by atoms with Crippen LogP contribution in [-0.4, -0.2) is 37.2 Å². The summed E-state index contributed by atoms with van der Waals surface area (Å²) >= 11 is 0. The predicted octanol–water partition coefficient (Wildman–Crippen LogP) is 18.6. The van der Waals surface area contributed by atoms with Crippen molar-refractivity contribution in [3.8, 4) is 0 Å². The molecule has 0 amide bonds.